The van der Waals surface area contributed by atoms with Crippen LogP contribution in [0.5, 0.6) is 0 Å². The maximum Gasteiger partial charge on any atom is 0.251 e. The van der Waals surface area contributed by atoms with E-state index in [0.717, 1.165) is 19.3 Å². The van der Waals surface area contributed by atoms with E-state index in [-0.39, 0.29) is 24.1 Å². The normalized spacial score (nSPS) is 20.7. The minimum atomic E-state index is -0.545. The van der Waals surface area contributed by atoms with Crippen molar-refractivity contribution in [3.8, 4) is 11.8 Å². The molecule has 0 radical (unpaired) electrons. The molecule has 21 heavy (non-hydrogen) atoms. The molecule has 0 spiro atoms. The molecule has 0 aliphatic heterocycles. The topological polar surface area (TPSA) is 49.3 Å². The Morgan fingerprint density at radius 1 is 1.52 bits per heavy atom. The number of hydrogen-bond donors (Lipinski definition) is 2. The second-order valence-corrected chi connectivity index (χ2v) is 6.02. The van der Waals surface area contributed by atoms with E-state index >= 15 is 0 Å². The third kappa shape index (κ3) is 3.99. The summed E-state index contributed by atoms with van der Waals surface area (Å²) in [6.07, 6.45) is 5.24. The fraction of sp³-hybridized carbons (Fsp3) is 0.438. The molecule has 0 saturated heterocycles. The summed E-state index contributed by atoms with van der Waals surface area (Å²) in [5, 5.41) is 12.0. The fourth-order valence-corrected chi connectivity index (χ4v) is 3.45. The first-order valence-corrected chi connectivity index (χ1v) is 8.17. The number of amides is 1. The number of carbonyl (C=O) groups is 1. The smallest absolute Gasteiger partial charge is 0.251 e. The fourth-order valence-electron chi connectivity index (χ4n) is 2.52. The minimum Gasteiger partial charge on any atom is -0.384 e. The van der Waals surface area contributed by atoms with Gasteiger partial charge in [0.1, 0.15) is 12.4 Å². The molecule has 0 aromatic heterocycles. The highest BCUT2D eigenvalue weighted by molar-refractivity contribution is 7.99. The van der Waals surface area contributed by atoms with Crippen molar-refractivity contribution >= 4 is 17.7 Å². The molecule has 1 amide bonds. The van der Waals surface area contributed by atoms with Gasteiger partial charge in [0.2, 0.25) is 0 Å². The predicted octanol–water partition coefficient (Wildman–Crippen LogP) is 2.18. The summed E-state index contributed by atoms with van der Waals surface area (Å²) < 4.78 is 13.8. The van der Waals surface area contributed by atoms with Gasteiger partial charge in [-0.15, -0.1) is 0 Å². The predicted molar refractivity (Wildman–Crippen MR) is 82.8 cm³/mol. The Kier molecular flexibility index (Phi) is 5.66. The second-order valence-electron chi connectivity index (χ2n) is 4.94. The van der Waals surface area contributed by atoms with Crippen LogP contribution >= 0.6 is 11.8 Å². The van der Waals surface area contributed by atoms with Crippen LogP contribution in [0.15, 0.2) is 18.2 Å². The number of hydrogen-bond acceptors (Lipinski definition) is 3. The van der Waals surface area contributed by atoms with Crippen LogP contribution in [0.1, 0.15) is 35.2 Å². The number of aliphatic hydroxyl groups is 1. The summed E-state index contributed by atoms with van der Waals surface area (Å²) in [6, 6.07) is 4.38. The number of rotatable bonds is 3. The molecule has 1 saturated carbocycles. The molecule has 1 fully saturated rings. The van der Waals surface area contributed by atoms with Crippen molar-refractivity contribution in [2.24, 2.45) is 0 Å². The van der Waals surface area contributed by atoms with Gasteiger partial charge in [-0.05, 0) is 37.3 Å². The third-order valence-corrected chi connectivity index (χ3v) is 4.77. The lowest BCUT2D eigenvalue weighted by molar-refractivity contribution is 0.0938. The molecule has 0 heterocycles. The van der Waals surface area contributed by atoms with Gasteiger partial charge >= 0.3 is 0 Å². The summed E-state index contributed by atoms with van der Waals surface area (Å²) in [5.74, 6) is 4.10. The molecule has 1 aliphatic rings. The van der Waals surface area contributed by atoms with Crippen LogP contribution in [0.3, 0.4) is 0 Å². The minimum absolute atomic E-state index is 0.157. The highest BCUT2D eigenvalue weighted by atomic mass is 32.2. The zero-order valence-electron chi connectivity index (χ0n) is 11.9. The number of nitrogens with one attached hydrogen (secondary N) is 1. The number of halogens is 1. The maximum atomic E-state index is 13.8. The number of thioether (sulfide) groups is 1. The van der Waals surface area contributed by atoms with Gasteiger partial charge in [0.25, 0.3) is 5.91 Å². The number of benzene rings is 1. The van der Waals surface area contributed by atoms with Crippen LogP contribution in [0.2, 0.25) is 0 Å². The lowest BCUT2D eigenvalue weighted by Gasteiger charge is -2.19. The monoisotopic (exact) mass is 307 g/mol. The van der Waals surface area contributed by atoms with Crippen LogP contribution in [0.4, 0.5) is 4.39 Å². The van der Waals surface area contributed by atoms with Gasteiger partial charge in [-0.25, -0.2) is 4.39 Å². The molecule has 2 rings (SSSR count). The average Bonchev–Trinajstić information content (AvgIpc) is 2.93. The largest absolute Gasteiger partial charge is 0.384 e. The summed E-state index contributed by atoms with van der Waals surface area (Å²) in [5.41, 5.74) is 0.484. The van der Waals surface area contributed by atoms with E-state index in [1.54, 1.807) is 17.8 Å². The third-order valence-electron chi connectivity index (χ3n) is 3.61. The summed E-state index contributed by atoms with van der Waals surface area (Å²) in [6.45, 7) is -0.320. The Morgan fingerprint density at radius 2 is 2.33 bits per heavy atom. The van der Waals surface area contributed by atoms with E-state index in [9.17, 15) is 9.18 Å². The quantitative estimate of drug-likeness (QED) is 0.842. The summed E-state index contributed by atoms with van der Waals surface area (Å²) in [7, 11) is 0. The van der Waals surface area contributed by atoms with Crippen LogP contribution in [-0.2, 0) is 0 Å². The first-order valence-electron chi connectivity index (χ1n) is 6.88. The first kappa shape index (κ1) is 15.9. The van der Waals surface area contributed by atoms with Gasteiger partial charge in [-0.2, -0.15) is 11.8 Å². The lowest BCUT2D eigenvalue weighted by Crippen LogP contribution is -2.38. The van der Waals surface area contributed by atoms with Crippen molar-refractivity contribution in [3.63, 3.8) is 0 Å². The molecular weight excluding hydrogens is 289 g/mol. The highest BCUT2D eigenvalue weighted by Gasteiger charge is 2.28. The van der Waals surface area contributed by atoms with Gasteiger partial charge < -0.3 is 10.4 Å². The standard InChI is InChI=1S/C16H18FNO2S/c1-21-15-6-2-5-14(15)18-16(20)12-8-7-11(4-3-9-19)13(17)10-12/h7-8,10,14-15,19H,2,5-6,9H2,1H3,(H,18,20). The Labute approximate surface area is 128 Å². The molecular formula is C16H18FNO2S. The van der Waals surface area contributed by atoms with Crippen molar-refractivity contribution < 1.29 is 14.3 Å². The molecule has 2 atom stereocenters. The molecule has 112 valence electrons. The van der Waals surface area contributed by atoms with E-state index < -0.39 is 5.82 Å². The van der Waals surface area contributed by atoms with Crippen LogP contribution in [0, 0.1) is 17.7 Å². The Balaban J connectivity index is 2.07. The zero-order chi connectivity index (χ0) is 15.2. The SMILES string of the molecule is CSC1CCCC1NC(=O)c1ccc(C#CCO)c(F)c1. The van der Waals surface area contributed by atoms with Gasteiger partial charge in [0, 0.05) is 16.9 Å². The van der Waals surface area contributed by atoms with E-state index in [4.69, 9.17) is 5.11 Å². The first-order chi connectivity index (χ1) is 10.2. The summed E-state index contributed by atoms with van der Waals surface area (Å²) >= 11 is 1.76. The Hall–Kier alpha value is -1.51. The van der Waals surface area contributed by atoms with Gasteiger partial charge in [-0.3, -0.25) is 4.79 Å². The molecule has 1 aromatic rings. The van der Waals surface area contributed by atoms with E-state index in [2.05, 4.69) is 17.2 Å². The van der Waals surface area contributed by atoms with Gasteiger partial charge in [-0.1, -0.05) is 18.3 Å². The van der Waals surface area contributed by atoms with Crippen LogP contribution < -0.4 is 5.32 Å². The number of aliphatic hydroxyl groups excluding tert-OH is 1. The molecule has 3 nitrogen and oxygen atoms in total. The van der Waals surface area contributed by atoms with Crippen molar-refractivity contribution in [1.82, 2.24) is 5.32 Å². The average molecular weight is 307 g/mol. The second kappa shape index (κ2) is 7.48. The van der Waals surface area contributed by atoms with E-state index in [1.165, 1.54) is 12.1 Å². The van der Waals surface area contributed by atoms with Crippen molar-refractivity contribution in [1.29, 1.82) is 0 Å². The van der Waals surface area contributed by atoms with Crippen LogP contribution in [-0.4, -0.2) is 35.2 Å². The van der Waals surface area contributed by atoms with Crippen LogP contribution in [0.25, 0.3) is 0 Å². The molecule has 1 aromatic carbocycles. The van der Waals surface area contributed by atoms with Crippen molar-refractivity contribution in [3.05, 3.63) is 35.1 Å². The van der Waals surface area contributed by atoms with Gasteiger partial charge in [0.05, 0.1) is 5.56 Å². The van der Waals surface area contributed by atoms with E-state index in [0.29, 0.717) is 10.8 Å². The van der Waals surface area contributed by atoms with E-state index in [1.807, 2.05) is 6.26 Å². The number of carbonyl (C=O) groups excluding carboxylic acids is 1. The summed E-state index contributed by atoms with van der Waals surface area (Å²) in [4.78, 5) is 12.2. The highest BCUT2D eigenvalue weighted by Crippen LogP contribution is 2.28. The van der Waals surface area contributed by atoms with Crippen molar-refractivity contribution in [2.75, 3.05) is 12.9 Å². The lowest BCUT2D eigenvalue weighted by atomic mass is 10.1. The molecule has 2 unspecified atom stereocenters. The zero-order valence-corrected chi connectivity index (χ0v) is 12.7. The Bertz CT molecular complexity index is 579. The molecule has 1 aliphatic carbocycles. The molecule has 2 N–H and O–H groups in total. The molecule has 0 bridgehead atoms. The van der Waals surface area contributed by atoms with Gasteiger partial charge in [0.15, 0.2) is 0 Å². The molecule has 5 heteroatoms. The van der Waals surface area contributed by atoms with Crippen molar-refractivity contribution in [2.45, 2.75) is 30.6 Å². The Morgan fingerprint density at radius 3 is 3.00 bits per heavy atom. The maximum absolute atomic E-state index is 13.8.